The highest BCUT2D eigenvalue weighted by atomic mass is 35.5. The van der Waals surface area contributed by atoms with Crippen LogP contribution in [0.15, 0.2) is 17.0 Å². The Bertz CT molecular complexity index is 601. The second-order valence-electron chi connectivity index (χ2n) is 4.69. The van der Waals surface area contributed by atoms with Gasteiger partial charge in [0.15, 0.2) is 9.84 Å². The first-order valence-electron chi connectivity index (χ1n) is 5.92. The lowest BCUT2D eigenvalue weighted by atomic mass is 9.99. The van der Waals surface area contributed by atoms with E-state index in [2.05, 4.69) is 0 Å². The molecule has 1 aromatic carbocycles. The Hall–Kier alpha value is -0.870. The van der Waals surface area contributed by atoms with E-state index in [4.69, 9.17) is 11.6 Å². The highest BCUT2D eigenvalue weighted by Gasteiger charge is 2.34. The first-order valence-corrected chi connectivity index (χ1v) is 8.18. The van der Waals surface area contributed by atoms with Crippen molar-refractivity contribution in [3.05, 3.63) is 28.8 Å². The largest absolute Gasteiger partial charge is 0.276 e. The fourth-order valence-electron chi connectivity index (χ4n) is 2.31. The smallest absolute Gasteiger partial charge is 0.252 e. The topological polar surface area (TPSA) is 51.2 Å². The van der Waals surface area contributed by atoms with Gasteiger partial charge in [0.1, 0.15) is 0 Å². The molecular formula is C13H15ClO3S. The SMILES string of the molecule is CCc1ccc(C(=O)Cl)c(C2CC2)c1S(C)(=O)=O. The Labute approximate surface area is 112 Å². The van der Waals surface area contributed by atoms with Crippen molar-refractivity contribution in [2.75, 3.05) is 6.26 Å². The number of hydrogen-bond acceptors (Lipinski definition) is 3. The Morgan fingerprint density at radius 1 is 1.39 bits per heavy atom. The normalized spacial score (nSPS) is 15.7. The van der Waals surface area contributed by atoms with Crippen molar-refractivity contribution in [1.82, 2.24) is 0 Å². The van der Waals surface area contributed by atoms with Crippen LogP contribution in [-0.2, 0) is 16.3 Å². The van der Waals surface area contributed by atoms with E-state index in [1.54, 1.807) is 12.1 Å². The van der Waals surface area contributed by atoms with Crippen molar-refractivity contribution >= 4 is 26.7 Å². The van der Waals surface area contributed by atoms with Crippen LogP contribution < -0.4 is 0 Å². The summed E-state index contributed by atoms with van der Waals surface area (Å²) in [6.07, 6.45) is 3.66. The van der Waals surface area contributed by atoms with Crippen molar-refractivity contribution in [3.63, 3.8) is 0 Å². The van der Waals surface area contributed by atoms with Gasteiger partial charge in [-0.2, -0.15) is 0 Å². The molecule has 0 heterocycles. The average molecular weight is 287 g/mol. The molecule has 0 bridgehead atoms. The van der Waals surface area contributed by atoms with Gasteiger partial charge in [-0.1, -0.05) is 13.0 Å². The lowest BCUT2D eigenvalue weighted by molar-refractivity contribution is 0.108. The van der Waals surface area contributed by atoms with Crippen molar-refractivity contribution in [3.8, 4) is 0 Å². The summed E-state index contributed by atoms with van der Waals surface area (Å²) in [6, 6.07) is 3.34. The molecule has 0 radical (unpaired) electrons. The van der Waals surface area contributed by atoms with Crippen molar-refractivity contribution in [1.29, 1.82) is 0 Å². The lowest BCUT2D eigenvalue weighted by Gasteiger charge is -2.15. The van der Waals surface area contributed by atoms with E-state index in [1.165, 1.54) is 6.26 Å². The predicted molar refractivity (Wildman–Crippen MR) is 71.1 cm³/mol. The molecule has 0 atom stereocenters. The summed E-state index contributed by atoms with van der Waals surface area (Å²) in [7, 11) is -3.35. The molecule has 98 valence electrons. The molecule has 18 heavy (non-hydrogen) atoms. The van der Waals surface area contributed by atoms with Gasteiger partial charge < -0.3 is 0 Å². The molecule has 0 saturated heterocycles. The second-order valence-corrected chi connectivity index (χ2v) is 6.98. The molecule has 0 spiro atoms. The summed E-state index contributed by atoms with van der Waals surface area (Å²) in [6.45, 7) is 1.91. The molecule has 1 aromatic rings. The zero-order valence-electron chi connectivity index (χ0n) is 10.4. The van der Waals surface area contributed by atoms with Gasteiger partial charge in [-0.15, -0.1) is 0 Å². The molecule has 1 fully saturated rings. The summed E-state index contributed by atoms with van der Waals surface area (Å²) < 4.78 is 24.0. The molecule has 2 rings (SSSR count). The van der Waals surface area contributed by atoms with Crippen LogP contribution in [0.5, 0.6) is 0 Å². The van der Waals surface area contributed by atoms with Crippen LogP contribution >= 0.6 is 11.6 Å². The Morgan fingerprint density at radius 3 is 2.39 bits per heavy atom. The van der Waals surface area contributed by atoms with E-state index in [0.29, 0.717) is 22.4 Å². The van der Waals surface area contributed by atoms with E-state index in [1.807, 2.05) is 6.92 Å². The minimum absolute atomic E-state index is 0.166. The molecule has 1 aliphatic carbocycles. The number of carbonyl (C=O) groups excluding carboxylic acids is 1. The first-order chi connectivity index (χ1) is 8.36. The third kappa shape index (κ3) is 2.45. The minimum atomic E-state index is -3.35. The third-order valence-corrected chi connectivity index (χ3v) is 4.65. The van der Waals surface area contributed by atoms with Crippen LogP contribution in [0.1, 0.15) is 47.2 Å². The summed E-state index contributed by atoms with van der Waals surface area (Å²) in [5, 5.41) is -0.579. The van der Waals surface area contributed by atoms with Crippen molar-refractivity contribution in [2.45, 2.75) is 37.0 Å². The van der Waals surface area contributed by atoms with E-state index in [-0.39, 0.29) is 5.92 Å². The lowest BCUT2D eigenvalue weighted by Crippen LogP contribution is -2.10. The van der Waals surface area contributed by atoms with E-state index in [9.17, 15) is 13.2 Å². The maximum Gasteiger partial charge on any atom is 0.252 e. The maximum absolute atomic E-state index is 12.0. The van der Waals surface area contributed by atoms with E-state index in [0.717, 1.165) is 18.4 Å². The highest BCUT2D eigenvalue weighted by Crippen LogP contribution is 2.46. The van der Waals surface area contributed by atoms with Crippen LogP contribution in [0.4, 0.5) is 0 Å². The number of aryl methyl sites for hydroxylation is 1. The van der Waals surface area contributed by atoms with Crippen molar-refractivity contribution in [2.24, 2.45) is 0 Å². The van der Waals surface area contributed by atoms with Gasteiger partial charge in [0.05, 0.1) is 4.90 Å². The van der Waals surface area contributed by atoms with Crippen LogP contribution in [-0.4, -0.2) is 19.9 Å². The highest BCUT2D eigenvalue weighted by molar-refractivity contribution is 7.90. The number of sulfone groups is 1. The molecule has 0 amide bonds. The molecule has 1 saturated carbocycles. The number of halogens is 1. The van der Waals surface area contributed by atoms with Crippen LogP contribution in [0.25, 0.3) is 0 Å². The molecule has 0 aromatic heterocycles. The van der Waals surface area contributed by atoms with Crippen molar-refractivity contribution < 1.29 is 13.2 Å². The fraction of sp³-hybridized carbons (Fsp3) is 0.462. The monoisotopic (exact) mass is 286 g/mol. The standard InChI is InChI=1S/C13H15ClO3S/c1-3-8-6-7-10(13(14)15)11(9-4-5-9)12(8)18(2,16)17/h6-7,9H,3-5H2,1-2H3. The molecule has 3 nitrogen and oxygen atoms in total. The Morgan fingerprint density at radius 2 is 2.00 bits per heavy atom. The van der Waals surface area contributed by atoms with Gasteiger partial charge in [-0.25, -0.2) is 8.42 Å². The summed E-state index contributed by atoms with van der Waals surface area (Å²) in [5.41, 5.74) is 1.75. The summed E-state index contributed by atoms with van der Waals surface area (Å²) in [4.78, 5) is 11.8. The van der Waals surface area contributed by atoms with Gasteiger partial charge in [-0.05, 0) is 54.0 Å². The molecule has 5 heteroatoms. The Balaban J connectivity index is 2.80. The zero-order valence-corrected chi connectivity index (χ0v) is 11.9. The first kappa shape index (κ1) is 13.6. The Kier molecular flexibility index (Phi) is 3.52. The van der Waals surface area contributed by atoms with Gasteiger partial charge in [0, 0.05) is 11.8 Å². The van der Waals surface area contributed by atoms with Crippen LogP contribution in [0.2, 0.25) is 0 Å². The van der Waals surface area contributed by atoms with Crippen LogP contribution in [0, 0.1) is 0 Å². The summed E-state index contributed by atoms with van der Waals surface area (Å²) >= 11 is 5.56. The van der Waals surface area contributed by atoms with E-state index >= 15 is 0 Å². The van der Waals surface area contributed by atoms with Gasteiger partial charge >= 0.3 is 0 Å². The van der Waals surface area contributed by atoms with Crippen LogP contribution in [0.3, 0.4) is 0 Å². The number of carbonyl (C=O) groups is 1. The zero-order chi connectivity index (χ0) is 13.5. The second kappa shape index (κ2) is 4.67. The molecule has 0 N–H and O–H groups in total. The fourth-order valence-corrected chi connectivity index (χ4v) is 3.84. The number of benzene rings is 1. The number of rotatable bonds is 4. The summed E-state index contributed by atoms with van der Waals surface area (Å²) in [5.74, 6) is 0.166. The van der Waals surface area contributed by atoms with Gasteiger partial charge in [-0.3, -0.25) is 4.79 Å². The van der Waals surface area contributed by atoms with Gasteiger partial charge in [0.2, 0.25) is 0 Å². The minimum Gasteiger partial charge on any atom is -0.276 e. The molecule has 0 unspecified atom stereocenters. The average Bonchev–Trinajstić information content (AvgIpc) is 3.09. The molecule has 1 aliphatic rings. The molecular weight excluding hydrogens is 272 g/mol. The quantitative estimate of drug-likeness (QED) is 0.800. The van der Waals surface area contributed by atoms with E-state index < -0.39 is 15.1 Å². The third-order valence-electron chi connectivity index (χ3n) is 3.23. The number of hydrogen-bond donors (Lipinski definition) is 0. The molecule has 0 aliphatic heterocycles. The predicted octanol–water partition coefficient (Wildman–Crippen LogP) is 2.91. The van der Waals surface area contributed by atoms with Gasteiger partial charge in [0.25, 0.3) is 5.24 Å². The maximum atomic E-state index is 12.0.